The Morgan fingerprint density at radius 2 is 2.08 bits per heavy atom. The van der Waals surface area contributed by atoms with Gasteiger partial charge in [-0.3, -0.25) is 14.3 Å². The molecule has 2 heterocycles. The average molecular weight is 341 g/mol. The van der Waals surface area contributed by atoms with E-state index in [4.69, 9.17) is 5.73 Å². The minimum Gasteiger partial charge on any atom is -0.371 e. The Morgan fingerprint density at radius 3 is 2.72 bits per heavy atom. The van der Waals surface area contributed by atoms with Gasteiger partial charge in [0.25, 0.3) is 5.91 Å². The quantitative estimate of drug-likeness (QED) is 0.850. The molecule has 1 saturated heterocycles. The number of anilines is 1. The first kappa shape index (κ1) is 17.0. The number of benzene rings is 1. The number of primary amides is 1. The van der Waals surface area contributed by atoms with Gasteiger partial charge >= 0.3 is 0 Å². The predicted molar refractivity (Wildman–Crippen MR) is 95.0 cm³/mol. The third kappa shape index (κ3) is 4.17. The molecule has 0 aliphatic carbocycles. The molecule has 1 aliphatic rings. The highest BCUT2D eigenvalue weighted by Crippen LogP contribution is 2.23. The number of hydrogen-bond donors (Lipinski definition) is 2. The first-order chi connectivity index (χ1) is 12.0. The number of piperidine rings is 1. The van der Waals surface area contributed by atoms with Crippen LogP contribution < -0.4 is 16.0 Å². The largest absolute Gasteiger partial charge is 0.371 e. The van der Waals surface area contributed by atoms with E-state index in [2.05, 4.69) is 15.3 Å². The molecule has 0 saturated carbocycles. The minimum absolute atomic E-state index is 0.0767. The summed E-state index contributed by atoms with van der Waals surface area (Å²) in [7, 11) is 1.78. The summed E-state index contributed by atoms with van der Waals surface area (Å²) >= 11 is 0. The van der Waals surface area contributed by atoms with E-state index in [1.54, 1.807) is 24.1 Å². The zero-order valence-electron chi connectivity index (χ0n) is 14.3. The smallest absolute Gasteiger partial charge is 0.254 e. The lowest BCUT2D eigenvalue weighted by Gasteiger charge is -2.33. The fourth-order valence-electron chi connectivity index (χ4n) is 3.09. The first-order valence-corrected chi connectivity index (χ1v) is 8.43. The third-order valence-corrected chi connectivity index (χ3v) is 4.55. The van der Waals surface area contributed by atoms with E-state index >= 15 is 0 Å². The number of aromatic nitrogens is 2. The van der Waals surface area contributed by atoms with Gasteiger partial charge in [-0.05, 0) is 30.5 Å². The lowest BCUT2D eigenvalue weighted by atomic mass is 9.97. The fourth-order valence-corrected chi connectivity index (χ4v) is 3.09. The topological polar surface area (TPSA) is 93.3 Å². The zero-order valence-corrected chi connectivity index (χ0v) is 14.3. The van der Waals surface area contributed by atoms with Crippen LogP contribution in [0.25, 0.3) is 0 Å². The molecule has 1 aromatic carbocycles. The minimum atomic E-state index is -0.223. The molecule has 2 amide bonds. The Labute approximate surface area is 146 Å². The lowest BCUT2D eigenvalue weighted by molar-refractivity contribution is -0.122. The van der Waals surface area contributed by atoms with Crippen LogP contribution in [0.4, 0.5) is 5.69 Å². The highest BCUT2D eigenvalue weighted by atomic mass is 16.2. The summed E-state index contributed by atoms with van der Waals surface area (Å²) < 4.78 is 1.60. The summed E-state index contributed by atoms with van der Waals surface area (Å²) in [6.45, 7) is 2.06. The van der Waals surface area contributed by atoms with Crippen molar-refractivity contribution in [2.45, 2.75) is 19.4 Å². The molecule has 25 heavy (non-hydrogen) atoms. The summed E-state index contributed by atoms with van der Waals surface area (Å²) in [6.07, 6.45) is 5.06. The number of rotatable bonds is 5. The monoisotopic (exact) mass is 341 g/mol. The van der Waals surface area contributed by atoms with Crippen molar-refractivity contribution in [1.29, 1.82) is 0 Å². The van der Waals surface area contributed by atoms with E-state index in [0.29, 0.717) is 18.7 Å². The Kier molecular flexibility index (Phi) is 5.02. The van der Waals surface area contributed by atoms with Gasteiger partial charge in [-0.15, -0.1) is 0 Å². The second-order valence-corrected chi connectivity index (χ2v) is 6.44. The number of nitrogens with zero attached hydrogens (tertiary/aromatic N) is 3. The van der Waals surface area contributed by atoms with Crippen LogP contribution in [-0.2, 0) is 18.4 Å². The molecule has 0 radical (unpaired) electrons. The van der Waals surface area contributed by atoms with Gasteiger partial charge < -0.3 is 16.0 Å². The molecular weight excluding hydrogens is 318 g/mol. The molecule has 3 rings (SSSR count). The Balaban J connectivity index is 1.57. The number of carbonyl (C=O) groups is 2. The molecule has 132 valence electrons. The molecule has 1 atom stereocenters. The highest BCUT2D eigenvalue weighted by Gasteiger charge is 2.24. The van der Waals surface area contributed by atoms with E-state index in [0.717, 1.165) is 30.6 Å². The SMILES string of the molecule is Cn1cc(C(=O)NCc2ccc(N3CCC[C@H](C(N)=O)C3)cc2)cn1. The standard InChI is InChI=1S/C18H23N5O2/c1-22-11-15(10-21-22)18(25)20-9-13-4-6-16(7-5-13)23-8-2-3-14(12-23)17(19)24/h4-7,10-11,14H,2-3,8-9,12H2,1H3,(H2,19,24)(H,20,25)/t14-/m0/s1. The van der Waals surface area contributed by atoms with Crippen molar-refractivity contribution >= 4 is 17.5 Å². The number of nitrogens with two attached hydrogens (primary N) is 1. The number of hydrogen-bond acceptors (Lipinski definition) is 4. The van der Waals surface area contributed by atoms with Gasteiger partial charge in [-0.2, -0.15) is 5.10 Å². The number of aryl methyl sites for hydroxylation is 1. The summed E-state index contributed by atoms with van der Waals surface area (Å²) in [6, 6.07) is 8.03. The molecular formula is C18H23N5O2. The van der Waals surface area contributed by atoms with E-state index in [9.17, 15) is 9.59 Å². The molecule has 1 aromatic heterocycles. The molecule has 0 unspecified atom stereocenters. The second-order valence-electron chi connectivity index (χ2n) is 6.44. The summed E-state index contributed by atoms with van der Waals surface area (Å²) in [5, 5.41) is 6.87. The maximum atomic E-state index is 12.0. The normalized spacial score (nSPS) is 17.3. The van der Waals surface area contributed by atoms with Crippen LogP contribution in [0.1, 0.15) is 28.8 Å². The second kappa shape index (κ2) is 7.38. The van der Waals surface area contributed by atoms with Gasteiger partial charge in [0, 0.05) is 38.6 Å². The summed E-state index contributed by atoms with van der Waals surface area (Å²) in [5.41, 5.74) is 8.08. The predicted octanol–water partition coefficient (Wildman–Crippen LogP) is 1.05. The molecule has 7 nitrogen and oxygen atoms in total. The molecule has 7 heteroatoms. The van der Waals surface area contributed by atoms with Crippen LogP contribution in [0.5, 0.6) is 0 Å². The molecule has 0 bridgehead atoms. The average Bonchev–Trinajstić information content (AvgIpc) is 3.07. The van der Waals surface area contributed by atoms with Crippen molar-refractivity contribution in [2.24, 2.45) is 18.7 Å². The van der Waals surface area contributed by atoms with E-state index in [1.807, 2.05) is 24.3 Å². The maximum Gasteiger partial charge on any atom is 0.254 e. The Hall–Kier alpha value is -2.83. The van der Waals surface area contributed by atoms with Crippen molar-refractivity contribution in [2.75, 3.05) is 18.0 Å². The van der Waals surface area contributed by atoms with Gasteiger partial charge in [-0.25, -0.2) is 0 Å². The van der Waals surface area contributed by atoms with Crippen LogP contribution >= 0.6 is 0 Å². The number of nitrogens with one attached hydrogen (secondary N) is 1. The lowest BCUT2D eigenvalue weighted by Crippen LogP contribution is -2.41. The van der Waals surface area contributed by atoms with E-state index in [1.165, 1.54) is 0 Å². The molecule has 3 N–H and O–H groups in total. The maximum absolute atomic E-state index is 12.0. The van der Waals surface area contributed by atoms with Crippen LogP contribution in [0.15, 0.2) is 36.7 Å². The van der Waals surface area contributed by atoms with Crippen molar-refractivity contribution in [3.05, 3.63) is 47.8 Å². The van der Waals surface area contributed by atoms with E-state index in [-0.39, 0.29) is 17.7 Å². The van der Waals surface area contributed by atoms with Crippen LogP contribution in [0.3, 0.4) is 0 Å². The Bertz CT molecular complexity index is 753. The van der Waals surface area contributed by atoms with Gasteiger partial charge in [0.05, 0.1) is 17.7 Å². The van der Waals surface area contributed by atoms with Crippen molar-refractivity contribution in [1.82, 2.24) is 15.1 Å². The van der Waals surface area contributed by atoms with Crippen LogP contribution in [-0.4, -0.2) is 34.7 Å². The van der Waals surface area contributed by atoms with Gasteiger partial charge in [0.15, 0.2) is 0 Å². The Morgan fingerprint density at radius 1 is 1.32 bits per heavy atom. The van der Waals surface area contributed by atoms with Crippen molar-refractivity contribution < 1.29 is 9.59 Å². The molecule has 1 aliphatic heterocycles. The van der Waals surface area contributed by atoms with Crippen molar-refractivity contribution in [3.8, 4) is 0 Å². The summed E-state index contributed by atoms with van der Waals surface area (Å²) in [5.74, 6) is -0.441. The first-order valence-electron chi connectivity index (χ1n) is 8.43. The fraction of sp³-hybridized carbons (Fsp3) is 0.389. The van der Waals surface area contributed by atoms with Gasteiger partial charge in [0.2, 0.25) is 5.91 Å². The van der Waals surface area contributed by atoms with E-state index < -0.39 is 0 Å². The number of carbonyl (C=O) groups excluding carboxylic acids is 2. The van der Waals surface area contributed by atoms with Gasteiger partial charge in [-0.1, -0.05) is 12.1 Å². The van der Waals surface area contributed by atoms with Crippen LogP contribution in [0.2, 0.25) is 0 Å². The third-order valence-electron chi connectivity index (χ3n) is 4.55. The molecule has 2 aromatic rings. The molecule has 0 spiro atoms. The number of amides is 2. The van der Waals surface area contributed by atoms with Crippen molar-refractivity contribution in [3.63, 3.8) is 0 Å². The van der Waals surface area contributed by atoms with Gasteiger partial charge in [0.1, 0.15) is 0 Å². The zero-order chi connectivity index (χ0) is 17.8. The van der Waals surface area contributed by atoms with Crippen LogP contribution in [0, 0.1) is 5.92 Å². The highest BCUT2D eigenvalue weighted by molar-refractivity contribution is 5.93. The summed E-state index contributed by atoms with van der Waals surface area (Å²) in [4.78, 5) is 25.6. The molecule has 1 fully saturated rings.